The zero-order valence-corrected chi connectivity index (χ0v) is 20.6. The molecule has 0 aliphatic carbocycles. The van der Waals surface area contributed by atoms with Gasteiger partial charge in [0.25, 0.3) is 11.8 Å². The average Bonchev–Trinajstić information content (AvgIpc) is 2.95. The van der Waals surface area contributed by atoms with E-state index in [1.54, 1.807) is 36.4 Å². The van der Waals surface area contributed by atoms with Crippen LogP contribution in [-0.2, 0) is 16.1 Å². The van der Waals surface area contributed by atoms with Crippen LogP contribution in [0.3, 0.4) is 0 Å². The van der Waals surface area contributed by atoms with Crippen LogP contribution in [0.25, 0.3) is 0 Å². The summed E-state index contributed by atoms with van der Waals surface area (Å²) in [4.78, 5) is 44.8. The molecular formula is C29H26N4O6. The average molecular weight is 527 g/mol. The predicted molar refractivity (Wildman–Crippen MR) is 148 cm³/mol. The standard InChI is InChI=1S/C15H14N2O3.C14H12N2O3/c18-10-17-13-8-4-7-12(14(13)19)15(20)16-9-11-5-2-1-3-6-11;17-9-15-12-8-4-7-11(13(12)18)14(19)16-10-5-2-1-3-6-10/h1-8,10,19H,9H2,(H,16,20)(H,17,18);1-9,18H,(H,15,17)(H,16,19). The minimum atomic E-state index is -0.446. The Balaban J connectivity index is 0.000000216. The van der Waals surface area contributed by atoms with Crippen molar-refractivity contribution < 1.29 is 29.4 Å². The number of carbonyl (C=O) groups excluding carboxylic acids is 4. The van der Waals surface area contributed by atoms with Crippen molar-refractivity contribution in [1.29, 1.82) is 0 Å². The van der Waals surface area contributed by atoms with Crippen LogP contribution in [0.4, 0.5) is 17.1 Å². The van der Waals surface area contributed by atoms with Crippen LogP contribution >= 0.6 is 0 Å². The lowest BCUT2D eigenvalue weighted by molar-refractivity contribution is -0.106. The Morgan fingerprint density at radius 2 is 1.10 bits per heavy atom. The Bertz CT molecular complexity index is 1430. The number of phenolic OH excluding ortho intramolecular Hbond substituents is 2. The zero-order valence-electron chi connectivity index (χ0n) is 20.6. The molecule has 0 saturated carbocycles. The highest BCUT2D eigenvalue weighted by Gasteiger charge is 2.15. The minimum Gasteiger partial charge on any atom is -0.505 e. The van der Waals surface area contributed by atoms with Gasteiger partial charge in [0.15, 0.2) is 11.5 Å². The maximum atomic E-state index is 12.0. The first-order chi connectivity index (χ1) is 18.9. The normalized spacial score (nSPS) is 9.74. The number of carbonyl (C=O) groups is 4. The van der Waals surface area contributed by atoms with Crippen LogP contribution in [0.1, 0.15) is 26.3 Å². The summed E-state index contributed by atoms with van der Waals surface area (Å²) in [6, 6.07) is 27.5. The third kappa shape index (κ3) is 7.92. The van der Waals surface area contributed by atoms with Gasteiger partial charge in [0, 0.05) is 12.2 Å². The van der Waals surface area contributed by atoms with E-state index in [1.807, 2.05) is 36.4 Å². The smallest absolute Gasteiger partial charge is 0.259 e. The van der Waals surface area contributed by atoms with E-state index in [-0.39, 0.29) is 34.0 Å². The maximum absolute atomic E-state index is 12.0. The van der Waals surface area contributed by atoms with Crippen LogP contribution in [0.15, 0.2) is 97.1 Å². The van der Waals surface area contributed by atoms with Crippen LogP contribution in [0, 0.1) is 0 Å². The Labute approximate surface area is 224 Å². The van der Waals surface area contributed by atoms with Crippen LogP contribution < -0.4 is 21.3 Å². The molecule has 10 heteroatoms. The summed E-state index contributed by atoms with van der Waals surface area (Å²) in [5.41, 5.74) is 2.19. The van der Waals surface area contributed by atoms with Gasteiger partial charge in [0.05, 0.1) is 22.5 Å². The molecule has 198 valence electrons. The molecule has 0 heterocycles. The van der Waals surface area contributed by atoms with Gasteiger partial charge in [-0.25, -0.2) is 0 Å². The zero-order chi connectivity index (χ0) is 28.0. The highest BCUT2D eigenvalue weighted by molar-refractivity contribution is 6.07. The molecule has 4 aromatic rings. The largest absolute Gasteiger partial charge is 0.505 e. The molecule has 4 rings (SSSR count). The lowest BCUT2D eigenvalue weighted by Crippen LogP contribution is -2.23. The van der Waals surface area contributed by atoms with Gasteiger partial charge >= 0.3 is 0 Å². The molecule has 10 nitrogen and oxygen atoms in total. The molecule has 0 bridgehead atoms. The molecule has 4 amide bonds. The molecular weight excluding hydrogens is 500 g/mol. The van der Waals surface area contributed by atoms with Gasteiger partial charge < -0.3 is 31.5 Å². The first-order valence-electron chi connectivity index (χ1n) is 11.7. The van der Waals surface area contributed by atoms with Crippen molar-refractivity contribution in [2.24, 2.45) is 0 Å². The fourth-order valence-corrected chi connectivity index (χ4v) is 3.41. The van der Waals surface area contributed by atoms with E-state index in [1.165, 1.54) is 24.3 Å². The van der Waals surface area contributed by atoms with Crippen molar-refractivity contribution in [1.82, 2.24) is 5.32 Å². The number of hydrogen-bond donors (Lipinski definition) is 6. The van der Waals surface area contributed by atoms with Crippen molar-refractivity contribution in [2.75, 3.05) is 16.0 Å². The van der Waals surface area contributed by atoms with Gasteiger partial charge in [-0.3, -0.25) is 19.2 Å². The lowest BCUT2D eigenvalue weighted by atomic mass is 10.1. The van der Waals surface area contributed by atoms with Crippen molar-refractivity contribution in [3.8, 4) is 11.5 Å². The van der Waals surface area contributed by atoms with E-state index in [2.05, 4.69) is 21.3 Å². The van der Waals surface area contributed by atoms with Crippen LogP contribution in [-0.4, -0.2) is 34.8 Å². The van der Waals surface area contributed by atoms with E-state index >= 15 is 0 Å². The first-order valence-corrected chi connectivity index (χ1v) is 11.7. The van der Waals surface area contributed by atoms with Crippen molar-refractivity contribution in [2.45, 2.75) is 6.54 Å². The Kier molecular flexibility index (Phi) is 10.2. The molecule has 4 aromatic carbocycles. The second-order valence-electron chi connectivity index (χ2n) is 7.92. The van der Waals surface area contributed by atoms with E-state index in [4.69, 9.17) is 0 Å². The monoisotopic (exact) mass is 526 g/mol. The van der Waals surface area contributed by atoms with Crippen molar-refractivity contribution in [3.63, 3.8) is 0 Å². The van der Waals surface area contributed by atoms with E-state index < -0.39 is 11.8 Å². The molecule has 0 radical (unpaired) electrons. The summed E-state index contributed by atoms with van der Waals surface area (Å²) >= 11 is 0. The summed E-state index contributed by atoms with van der Waals surface area (Å²) in [5.74, 6) is -1.35. The van der Waals surface area contributed by atoms with E-state index in [0.29, 0.717) is 25.1 Å². The first kappa shape index (κ1) is 27.9. The van der Waals surface area contributed by atoms with Gasteiger partial charge in [0.1, 0.15) is 0 Å². The summed E-state index contributed by atoms with van der Waals surface area (Å²) in [7, 11) is 0. The summed E-state index contributed by atoms with van der Waals surface area (Å²) in [6.45, 7) is 0.366. The van der Waals surface area contributed by atoms with E-state index in [0.717, 1.165) is 5.56 Å². The quantitative estimate of drug-likeness (QED) is 0.142. The third-order valence-electron chi connectivity index (χ3n) is 5.32. The van der Waals surface area contributed by atoms with E-state index in [9.17, 15) is 29.4 Å². The van der Waals surface area contributed by atoms with Gasteiger partial charge in [0.2, 0.25) is 12.8 Å². The molecule has 0 saturated heterocycles. The molecule has 39 heavy (non-hydrogen) atoms. The topological polar surface area (TPSA) is 157 Å². The number of benzene rings is 4. The third-order valence-corrected chi connectivity index (χ3v) is 5.32. The summed E-state index contributed by atoms with van der Waals surface area (Å²) < 4.78 is 0. The Morgan fingerprint density at radius 3 is 1.62 bits per heavy atom. The highest BCUT2D eigenvalue weighted by atomic mass is 16.3. The number of rotatable bonds is 9. The van der Waals surface area contributed by atoms with Crippen molar-refractivity contribution >= 4 is 41.7 Å². The molecule has 0 unspecified atom stereocenters. The fourth-order valence-electron chi connectivity index (χ4n) is 3.41. The number of phenols is 2. The lowest BCUT2D eigenvalue weighted by Gasteiger charge is -2.09. The van der Waals surface area contributed by atoms with Gasteiger partial charge in [-0.05, 0) is 42.0 Å². The van der Waals surface area contributed by atoms with Crippen LogP contribution in [0.5, 0.6) is 11.5 Å². The molecule has 0 aromatic heterocycles. The van der Waals surface area contributed by atoms with Crippen molar-refractivity contribution in [3.05, 3.63) is 114 Å². The molecule has 0 spiro atoms. The number of anilines is 3. The van der Waals surface area contributed by atoms with Gasteiger partial charge in [-0.1, -0.05) is 60.7 Å². The summed E-state index contributed by atoms with van der Waals surface area (Å²) in [5, 5.41) is 29.8. The Morgan fingerprint density at radius 1 is 0.615 bits per heavy atom. The molecule has 0 atom stereocenters. The number of nitrogens with one attached hydrogen (secondary N) is 4. The SMILES string of the molecule is O=CNc1cccc(C(=O)NCc2ccccc2)c1O.O=CNc1cccc(C(=O)Nc2ccccc2)c1O. The number of aromatic hydroxyl groups is 2. The molecule has 6 N–H and O–H groups in total. The highest BCUT2D eigenvalue weighted by Crippen LogP contribution is 2.28. The van der Waals surface area contributed by atoms with Gasteiger partial charge in [-0.2, -0.15) is 0 Å². The minimum absolute atomic E-state index is 0.0932. The maximum Gasteiger partial charge on any atom is 0.259 e. The molecule has 0 aliphatic rings. The second kappa shape index (κ2) is 14.2. The second-order valence-corrected chi connectivity index (χ2v) is 7.92. The molecule has 0 aliphatic heterocycles. The fraction of sp³-hybridized carbons (Fsp3) is 0.0345. The Hall–Kier alpha value is -5.64. The number of hydrogen-bond acceptors (Lipinski definition) is 6. The van der Waals surface area contributed by atoms with Gasteiger partial charge in [-0.15, -0.1) is 0 Å². The van der Waals surface area contributed by atoms with Crippen LogP contribution in [0.2, 0.25) is 0 Å². The summed E-state index contributed by atoms with van der Waals surface area (Å²) in [6.07, 6.45) is 0.884. The number of amides is 4. The predicted octanol–water partition coefficient (Wildman–Crippen LogP) is 4.10. The number of para-hydroxylation sites is 3. The molecule has 0 fully saturated rings.